The minimum atomic E-state index is -0.156. The van der Waals surface area contributed by atoms with E-state index in [2.05, 4.69) is 5.32 Å². The van der Waals surface area contributed by atoms with Crippen LogP contribution in [0.2, 0.25) is 0 Å². The maximum absolute atomic E-state index is 12.4. The highest BCUT2D eigenvalue weighted by Crippen LogP contribution is 2.24. The molecular weight excluding hydrogens is 248 g/mol. The number of carbonyl (C=O) groups excluding carboxylic acids is 1. The van der Waals surface area contributed by atoms with E-state index < -0.39 is 0 Å². The van der Waals surface area contributed by atoms with Gasteiger partial charge in [0.25, 0.3) is 0 Å². The number of carbonyl (C=O) groups is 1. The van der Waals surface area contributed by atoms with Gasteiger partial charge in [0.15, 0.2) is 0 Å². The summed E-state index contributed by atoms with van der Waals surface area (Å²) < 4.78 is 0. The molecule has 3 heteroatoms. The summed E-state index contributed by atoms with van der Waals surface area (Å²) in [6.07, 6.45) is 0.752. The molecule has 0 fully saturated rings. The highest BCUT2D eigenvalue weighted by Gasteiger charge is 2.19. The predicted octanol–water partition coefficient (Wildman–Crippen LogP) is 3.71. The van der Waals surface area contributed by atoms with Crippen molar-refractivity contribution in [3.05, 3.63) is 59.7 Å². The smallest absolute Gasteiger partial charge is 0.231 e. The fraction of sp³-hybridized carbons (Fsp3) is 0.235. The lowest BCUT2D eigenvalue weighted by Crippen LogP contribution is -2.21. The zero-order chi connectivity index (χ0) is 14.5. The number of anilines is 2. The first-order valence-electron chi connectivity index (χ1n) is 6.83. The molecule has 0 aliphatic rings. The van der Waals surface area contributed by atoms with Crippen LogP contribution in [0.4, 0.5) is 11.4 Å². The van der Waals surface area contributed by atoms with Crippen LogP contribution in [-0.4, -0.2) is 5.91 Å². The average molecular weight is 268 g/mol. The molecule has 3 N–H and O–H groups in total. The average Bonchev–Trinajstić information content (AvgIpc) is 2.45. The van der Waals surface area contributed by atoms with Gasteiger partial charge < -0.3 is 11.1 Å². The Morgan fingerprint density at radius 3 is 2.55 bits per heavy atom. The number of aryl methyl sites for hydroxylation is 1. The monoisotopic (exact) mass is 268 g/mol. The van der Waals surface area contributed by atoms with Crippen molar-refractivity contribution in [2.75, 3.05) is 11.1 Å². The van der Waals surface area contributed by atoms with E-state index in [1.54, 1.807) is 0 Å². The summed E-state index contributed by atoms with van der Waals surface area (Å²) in [5.74, 6) is -0.174. The molecule has 0 aromatic heterocycles. The molecule has 3 nitrogen and oxygen atoms in total. The molecule has 0 heterocycles. The molecule has 0 saturated heterocycles. The van der Waals surface area contributed by atoms with E-state index >= 15 is 0 Å². The van der Waals surface area contributed by atoms with Crippen LogP contribution >= 0.6 is 0 Å². The molecule has 1 unspecified atom stereocenters. The Balaban J connectivity index is 2.20. The zero-order valence-corrected chi connectivity index (χ0v) is 11.9. The summed E-state index contributed by atoms with van der Waals surface area (Å²) in [5.41, 5.74) is 9.28. The van der Waals surface area contributed by atoms with Gasteiger partial charge in [-0.15, -0.1) is 0 Å². The second-order valence-electron chi connectivity index (χ2n) is 4.95. The summed E-state index contributed by atoms with van der Waals surface area (Å²) in [7, 11) is 0. The summed E-state index contributed by atoms with van der Waals surface area (Å²) in [6, 6.07) is 15.4. The van der Waals surface area contributed by atoms with Crippen molar-refractivity contribution < 1.29 is 4.79 Å². The first-order chi connectivity index (χ1) is 9.61. The molecule has 0 radical (unpaired) electrons. The number of nitrogens with two attached hydrogens (primary N) is 1. The molecule has 104 valence electrons. The van der Waals surface area contributed by atoms with Gasteiger partial charge in [0, 0.05) is 0 Å². The van der Waals surface area contributed by atoms with Gasteiger partial charge in [-0.05, 0) is 36.6 Å². The predicted molar refractivity (Wildman–Crippen MR) is 83.7 cm³/mol. The third-order valence-corrected chi connectivity index (χ3v) is 3.39. The molecule has 0 bridgehead atoms. The highest BCUT2D eigenvalue weighted by atomic mass is 16.1. The van der Waals surface area contributed by atoms with Crippen LogP contribution in [0.1, 0.15) is 30.4 Å². The van der Waals surface area contributed by atoms with E-state index in [-0.39, 0.29) is 11.8 Å². The maximum Gasteiger partial charge on any atom is 0.231 e. The number of hydrogen-bond acceptors (Lipinski definition) is 2. The second-order valence-corrected chi connectivity index (χ2v) is 4.95. The Kier molecular flexibility index (Phi) is 4.41. The van der Waals surface area contributed by atoms with Gasteiger partial charge in [-0.25, -0.2) is 0 Å². The Hall–Kier alpha value is -2.29. The lowest BCUT2D eigenvalue weighted by atomic mass is 9.95. The third-order valence-electron chi connectivity index (χ3n) is 3.39. The standard InChI is InChI=1S/C17H20N2O/c1-3-14(13-7-5-4-6-8-13)17(20)19-16-11-12(2)9-10-15(16)18/h4-11,14H,3,18H2,1-2H3,(H,19,20). The molecule has 0 aliphatic heterocycles. The van der Waals surface area contributed by atoms with Gasteiger partial charge >= 0.3 is 0 Å². The minimum absolute atomic E-state index is 0.0176. The normalized spacial score (nSPS) is 11.9. The van der Waals surface area contributed by atoms with Crippen molar-refractivity contribution in [3.63, 3.8) is 0 Å². The second kappa shape index (κ2) is 6.24. The lowest BCUT2D eigenvalue weighted by molar-refractivity contribution is -0.117. The molecule has 0 spiro atoms. The Morgan fingerprint density at radius 1 is 1.20 bits per heavy atom. The molecule has 0 aliphatic carbocycles. The van der Waals surface area contributed by atoms with Gasteiger partial charge in [0.2, 0.25) is 5.91 Å². The SMILES string of the molecule is CCC(C(=O)Nc1cc(C)ccc1N)c1ccccc1. The van der Waals surface area contributed by atoms with Crippen molar-refractivity contribution in [2.24, 2.45) is 0 Å². The van der Waals surface area contributed by atoms with E-state index in [1.807, 2.05) is 62.4 Å². The molecule has 20 heavy (non-hydrogen) atoms. The molecule has 1 atom stereocenters. The number of hydrogen-bond donors (Lipinski definition) is 2. The number of nitrogens with one attached hydrogen (secondary N) is 1. The summed E-state index contributed by atoms with van der Waals surface area (Å²) >= 11 is 0. The van der Waals surface area contributed by atoms with E-state index in [4.69, 9.17) is 5.73 Å². The van der Waals surface area contributed by atoms with Crippen molar-refractivity contribution in [3.8, 4) is 0 Å². The van der Waals surface area contributed by atoms with E-state index in [0.29, 0.717) is 11.4 Å². The van der Waals surface area contributed by atoms with Crippen LogP contribution in [0.3, 0.4) is 0 Å². The third kappa shape index (κ3) is 3.18. The quantitative estimate of drug-likeness (QED) is 0.830. The summed E-state index contributed by atoms with van der Waals surface area (Å²) in [5, 5.41) is 2.94. The van der Waals surface area contributed by atoms with E-state index in [1.165, 1.54) is 0 Å². The van der Waals surface area contributed by atoms with Gasteiger partial charge in [0.1, 0.15) is 0 Å². The summed E-state index contributed by atoms with van der Waals surface area (Å²) in [6.45, 7) is 3.99. The van der Waals surface area contributed by atoms with Crippen LogP contribution in [0.5, 0.6) is 0 Å². The Bertz CT molecular complexity index is 593. The van der Waals surface area contributed by atoms with Crippen LogP contribution in [0, 0.1) is 6.92 Å². The number of nitrogen functional groups attached to an aromatic ring is 1. The van der Waals surface area contributed by atoms with Gasteiger partial charge in [-0.1, -0.05) is 43.3 Å². The molecule has 1 amide bonds. The molecule has 2 aromatic rings. The largest absolute Gasteiger partial charge is 0.397 e. The first-order valence-corrected chi connectivity index (χ1v) is 6.83. The van der Waals surface area contributed by atoms with Crippen LogP contribution in [0.25, 0.3) is 0 Å². The fourth-order valence-electron chi connectivity index (χ4n) is 2.26. The topological polar surface area (TPSA) is 55.1 Å². The molecule has 0 saturated carbocycles. The van der Waals surface area contributed by atoms with Crippen molar-refractivity contribution in [1.82, 2.24) is 0 Å². The molecule has 2 rings (SSSR count). The van der Waals surface area contributed by atoms with Crippen LogP contribution in [0.15, 0.2) is 48.5 Å². The lowest BCUT2D eigenvalue weighted by Gasteiger charge is -2.16. The summed E-state index contributed by atoms with van der Waals surface area (Å²) in [4.78, 5) is 12.4. The van der Waals surface area contributed by atoms with Crippen molar-refractivity contribution >= 4 is 17.3 Å². The van der Waals surface area contributed by atoms with E-state index in [9.17, 15) is 4.79 Å². The first kappa shape index (κ1) is 14.1. The van der Waals surface area contributed by atoms with Gasteiger partial charge in [-0.2, -0.15) is 0 Å². The highest BCUT2D eigenvalue weighted by molar-refractivity contribution is 5.98. The van der Waals surface area contributed by atoms with Gasteiger partial charge in [0.05, 0.1) is 17.3 Å². The van der Waals surface area contributed by atoms with Crippen LogP contribution < -0.4 is 11.1 Å². The van der Waals surface area contributed by atoms with Crippen molar-refractivity contribution in [2.45, 2.75) is 26.2 Å². The molecular formula is C17H20N2O. The van der Waals surface area contributed by atoms with Gasteiger partial charge in [-0.3, -0.25) is 4.79 Å². The number of benzene rings is 2. The number of rotatable bonds is 4. The Labute approximate surface area is 119 Å². The molecule has 2 aromatic carbocycles. The maximum atomic E-state index is 12.4. The number of amides is 1. The van der Waals surface area contributed by atoms with Crippen molar-refractivity contribution in [1.29, 1.82) is 0 Å². The van der Waals surface area contributed by atoms with Crippen LogP contribution in [-0.2, 0) is 4.79 Å². The zero-order valence-electron chi connectivity index (χ0n) is 11.9. The minimum Gasteiger partial charge on any atom is -0.397 e. The fourth-order valence-corrected chi connectivity index (χ4v) is 2.26. The van der Waals surface area contributed by atoms with E-state index in [0.717, 1.165) is 17.5 Å². The Morgan fingerprint density at radius 2 is 1.90 bits per heavy atom.